The molecule has 1 N–H and O–H groups in total. The first-order valence-electron chi connectivity index (χ1n) is 7.77. The SMILES string of the molecule is CC(=O)c1cccc(C(=O)N(C)CCCc2c(C)n[nH]c2C)c1. The summed E-state index contributed by atoms with van der Waals surface area (Å²) < 4.78 is 0. The molecule has 0 fully saturated rings. The number of nitrogens with one attached hydrogen (secondary N) is 1. The number of carbonyl (C=O) groups excluding carboxylic acids is 2. The molecule has 0 saturated heterocycles. The molecule has 0 atom stereocenters. The predicted octanol–water partition coefficient (Wildman–Crippen LogP) is 2.93. The molecule has 0 aliphatic heterocycles. The third-order valence-corrected chi connectivity index (χ3v) is 4.06. The van der Waals surface area contributed by atoms with Gasteiger partial charge in [0.25, 0.3) is 5.91 Å². The second-order valence-corrected chi connectivity index (χ2v) is 5.88. The summed E-state index contributed by atoms with van der Waals surface area (Å²) in [5.41, 5.74) is 4.45. The number of aromatic nitrogens is 2. The lowest BCUT2D eigenvalue weighted by atomic mass is 10.1. The van der Waals surface area contributed by atoms with Crippen molar-refractivity contribution < 1.29 is 9.59 Å². The van der Waals surface area contributed by atoms with E-state index in [-0.39, 0.29) is 11.7 Å². The van der Waals surface area contributed by atoms with Crippen LogP contribution in [0.1, 0.15) is 51.0 Å². The molecule has 5 heteroatoms. The molecule has 1 aromatic heterocycles. The van der Waals surface area contributed by atoms with Gasteiger partial charge in [-0.25, -0.2) is 0 Å². The van der Waals surface area contributed by atoms with E-state index in [1.165, 1.54) is 12.5 Å². The first-order chi connectivity index (χ1) is 10.9. The van der Waals surface area contributed by atoms with E-state index in [2.05, 4.69) is 10.2 Å². The summed E-state index contributed by atoms with van der Waals surface area (Å²) in [6.45, 7) is 6.16. The van der Waals surface area contributed by atoms with E-state index in [0.29, 0.717) is 17.7 Å². The molecule has 0 unspecified atom stereocenters. The molecule has 1 aromatic carbocycles. The molecule has 0 aliphatic rings. The molecule has 2 rings (SSSR count). The highest BCUT2D eigenvalue weighted by molar-refractivity contribution is 5.99. The Morgan fingerprint density at radius 2 is 1.91 bits per heavy atom. The Balaban J connectivity index is 1.95. The van der Waals surface area contributed by atoms with E-state index in [0.717, 1.165) is 24.2 Å². The molecule has 0 spiro atoms. The van der Waals surface area contributed by atoms with E-state index >= 15 is 0 Å². The van der Waals surface area contributed by atoms with Gasteiger partial charge in [0.05, 0.1) is 5.69 Å². The Kier molecular flexibility index (Phi) is 5.32. The lowest BCUT2D eigenvalue weighted by Gasteiger charge is -2.17. The summed E-state index contributed by atoms with van der Waals surface area (Å²) in [6.07, 6.45) is 1.76. The number of amides is 1. The maximum absolute atomic E-state index is 12.4. The number of aryl methyl sites for hydroxylation is 2. The Hall–Kier alpha value is -2.43. The fourth-order valence-electron chi connectivity index (χ4n) is 2.63. The minimum Gasteiger partial charge on any atom is -0.342 e. The molecule has 0 saturated carbocycles. The van der Waals surface area contributed by atoms with Crippen LogP contribution in [0.4, 0.5) is 0 Å². The summed E-state index contributed by atoms with van der Waals surface area (Å²) >= 11 is 0. The minimum absolute atomic E-state index is 0.0341. The molecule has 23 heavy (non-hydrogen) atoms. The maximum atomic E-state index is 12.4. The Bertz CT molecular complexity index is 699. The normalized spacial score (nSPS) is 10.6. The van der Waals surface area contributed by atoms with Gasteiger partial charge < -0.3 is 4.90 Å². The number of rotatable bonds is 6. The van der Waals surface area contributed by atoms with Crippen molar-refractivity contribution in [1.82, 2.24) is 15.1 Å². The van der Waals surface area contributed by atoms with E-state index in [9.17, 15) is 9.59 Å². The monoisotopic (exact) mass is 313 g/mol. The molecule has 0 aliphatic carbocycles. The third-order valence-electron chi connectivity index (χ3n) is 4.06. The van der Waals surface area contributed by atoms with Crippen LogP contribution in [0, 0.1) is 13.8 Å². The van der Waals surface area contributed by atoms with Gasteiger partial charge in [-0.3, -0.25) is 14.7 Å². The molecule has 1 heterocycles. The molecular formula is C18H23N3O2. The summed E-state index contributed by atoms with van der Waals surface area (Å²) in [4.78, 5) is 25.6. The number of carbonyl (C=O) groups is 2. The Labute approximate surface area is 136 Å². The highest BCUT2D eigenvalue weighted by atomic mass is 16.2. The highest BCUT2D eigenvalue weighted by Crippen LogP contribution is 2.13. The summed E-state index contributed by atoms with van der Waals surface area (Å²) in [5, 5.41) is 7.16. The lowest BCUT2D eigenvalue weighted by Crippen LogP contribution is -2.28. The molecule has 2 aromatic rings. The molecule has 0 radical (unpaired) electrons. The van der Waals surface area contributed by atoms with Crippen LogP contribution in [0.25, 0.3) is 0 Å². The van der Waals surface area contributed by atoms with Crippen LogP contribution < -0.4 is 0 Å². The lowest BCUT2D eigenvalue weighted by molar-refractivity contribution is 0.0793. The number of Topliss-reactive ketones (excluding diaryl/α,β-unsaturated/α-hetero) is 1. The van der Waals surface area contributed by atoms with Crippen molar-refractivity contribution in [2.24, 2.45) is 0 Å². The largest absolute Gasteiger partial charge is 0.342 e. The number of hydrogen-bond acceptors (Lipinski definition) is 3. The van der Waals surface area contributed by atoms with Crippen LogP contribution >= 0.6 is 0 Å². The maximum Gasteiger partial charge on any atom is 0.253 e. The van der Waals surface area contributed by atoms with Crippen molar-refractivity contribution in [1.29, 1.82) is 0 Å². The molecular weight excluding hydrogens is 290 g/mol. The minimum atomic E-state index is -0.0614. The van der Waals surface area contributed by atoms with Gasteiger partial charge in [-0.2, -0.15) is 5.10 Å². The van der Waals surface area contributed by atoms with Crippen LogP contribution in [0.15, 0.2) is 24.3 Å². The predicted molar refractivity (Wildman–Crippen MR) is 89.8 cm³/mol. The highest BCUT2D eigenvalue weighted by Gasteiger charge is 2.13. The quantitative estimate of drug-likeness (QED) is 0.834. The van der Waals surface area contributed by atoms with Crippen LogP contribution in [0.2, 0.25) is 0 Å². The molecule has 122 valence electrons. The summed E-state index contributed by atoms with van der Waals surface area (Å²) in [7, 11) is 1.79. The van der Waals surface area contributed by atoms with E-state index in [4.69, 9.17) is 0 Å². The average molecular weight is 313 g/mol. The zero-order valence-electron chi connectivity index (χ0n) is 14.1. The van der Waals surface area contributed by atoms with E-state index in [1.54, 1.807) is 36.2 Å². The van der Waals surface area contributed by atoms with Crippen LogP contribution in [0.3, 0.4) is 0 Å². The first kappa shape index (κ1) is 16.9. The van der Waals surface area contributed by atoms with Crippen molar-refractivity contribution >= 4 is 11.7 Å². The second kappa shape index (κ2) is 7.22. The molecule has 5 nitrogen and oxygen atoms in total. The van der Waals surface area contributed by atoms with Gasteiger partial charge in [0.2, 0.25) is 0 Å². The number of hydrogen-bond donors (Lipinski definition) is 1. The standard InChI is InChI=1S/C18H23N3O2/c1-12-17(13(2)20-19-12)9-6-10-21(4)18(23)16-8-5-7-15(11-16)14(3)22/h5,7-8,11H,6,9-10H2,1-4H3,(H,19,20). The van der Waals surface area contributed by atoms with Crippen molar-refractivity contribution in [2.45, 2.75) is 33.6 Å². The third kappa shape index (κ3) is 4.06. The van der Waals surface area contributed by atoms with Crippen LogP contribution in [0.5, 0.6) is 0 Å². The summed E-state index contributed by atoms with van der Waals surface area (Å²) in [6, 6.07) is 6.88. The van der Waals surface area contributed by atoms with Crippen molar-refractivity contribution in [3.05, 3.63) is 52.3 Å². The zero-order chi connectivity index (χ0) is 17.0. The van der Waals surface area contributed by atoms with Gasteiger partial charge in [-0.05, 0) is 51.3 Å². The zero-order valence-corrected chi connectivity index (χ0v) is 14.1. The Morgan fingerprint density at radius 3 is 2.52 bits per heavy atom. The average Bonchev–Trinajstić information content (AvgIpc) is 2.86. The van der Waals surface area contributed by atoms with Gasteiger partial charge >= 0.3 is 0 Å². The topological polar surface area (TPSA) is 66.1 Å². The van der Waals surface area contributed by atoms with Gasteiger partial charge in [0.1, 0.15) is 0 Å². The number of benzene rings is 1. The number of H-pyrrole nitrogens is 1. The van der Waals surface area contributed by atoms with Crippen molar-refractivity contribution in [3.63, 3.8) is 0 Å². The van der Waals surface area contributed by atoms with Crippen LogP contribution in [-0.2, 0) is 6.42 Å². The van der Waals surface area contributed by atoms with E-state index in [1.807, 2.05) is 13.8 Å². The summed E-state index contributed by atoms with van der Waals surface area (Å²) in [5.74, 6) is -0.0954. The van der Waals surface area contributed by atoms with Gasteiger partial charge in [-0.1, -0.05) is 12.1 Å². The van der Waals surface area contributed by atoms with Crippen molar-refractivity contribution in [2.75, 3.05) is 13.6 Å². The van der Waals surface area contributed by atoms with E-state index < -0.39 is 0 Å². The smallest absolute Gasteiger partial charge is 0.253 e. The molecule has 0 bridgehead atoms. The first-order valence-corrected chi connectivity index (χ1v) is 7.77. The van der Waals surface area contributed by atoms with Gasteiger partial charge in [0, 0.05) is 30.4 Å². The molecule has 1 amide bonds. The van der Waals surface area contributed by atoms with Gasteiger partial charge in [0.15, 0.2) is 5.78 Å². The fourth-order valence-corrected chi connectivity index (χ4v) is 2.63. The number of ketones is 1. The fraction of sp³-hybridized carbons (Fsp3) is 0.389. The van der Waals surface area contributed by atoms with Crippen LogP contribution in [-0.4, -0.2) is 40.4 Å². The number of aromatic amines is 1. The number of nitrogens with zero attached hydrogens (tertiary/aromatic N) is 2. The van der Waals surface area contributed by atoms with Gasteiger partial charge in [-0.15, -0.1) is 0 Å². The Morgan fingerprint density at radius 1 is 1.22 bits per heavy atom. The second-order valence-electron chi connectivity index (χ2n) is 5.88. The van der Waals surface area contributed by atoms with Crippen molar-refractivity contribution in [3.8, 4) is 0 Å².